The van der Waals surface area contributed by atoms with Gasteiger partial charge in [-0.25, -0.2) is 0 Å². The van der Waals surface area contributed by atoms with Gasteiger partial charge in [-0.05, 0) is 57.7 Å². The first kappa shape index (κ1) is 27.7. The molecule has 0 spiro atoms. The van der Waals surface area contributed by atoms with E-state index in [1.165, 1.54) is 0 Å². The molecule has 0 saturated carbocycles. The molecule has 1 aliphatic heterocycles. The van der Waals surface area contributed by atoms with Gasteiger partial charge in [0.2, 0.25) is 17.7 Å². The number of benzene rings is 1. The van der Waals surface area contributed by atoms with E-state index >= 15 is 0 Å². The molecule has 2 heterocycles. The number of hydrogen-bond donors (Lipinski definition) is 4. The molecule has 3 rings (SSSR count). The number of carbonyl (C=O) groups excluding carboxylic acids is 4. The number of carbonyl (C=O) groups is 4. The molecule has 0 unspecified atom stereocenters. The minimum atomic E-state index is -0.959. The Hall–Kier alpha value is -3.89. The molecule has 0 aliphatic carbocycles. The number of nitrogens with one attached hydrogen (secondary N) is 4. The Labute approximate surface area is 216 Å². The van der Waals surface area contributed by atoms with Gasteiger partial charge in [-0.2, -0.15) is 5.10 Å². The van der Waals surface area contributed by atoms with E-state index in [0.29, 0.717) is 31.7 Å². The molecule has 0 fully saturated rings. The molecule has 4 N–H and O–H groups in total. The standard InChI is InChI=1S/C26H36N6O5/c1-16-19(18(3)32(4)31-16)12-14-28-26(36)21-10-11-23(33)29-17(2)24(34)27-13-7-15-37-22-9-6-5-8-20(22)25(35)30-21/h5-6,8-9,17,21H,7,10-15H2,1-4H3,(H,27,34)(H,28,36)(H,29,33)(H,30,35)/t17-,21-/m0/s1. The third kappa shape index (κ3) is 7.55. The van der Waals surface area contributed by atoms with Crippen LogP contribution in [0.4, 0.5) is 0 Å². The quantitative estimate of drug-likeness (QED) is 0.474. The molecular weight excluding hydrogens is 476 g/mol. The van der Waals surface area contributed by atoms with Crippen molar-refractivity contribution >= 4 is 23.6 Å². The number of fused-ring (bicyclic) bond motifs is 1. The summed E-state index contributed by atoms with van der Waals surface area (Å²) in [5, 5.41) is 15.4. The summed E-state index contributed by atoms with van der Waals surface area (Å²) in [6, 6.07) is 5.08. The Morgan fingerprint density at radius 1 is 1.19 bits per heavy atom. The van der Waals surface area contributed by atoms with Crippen molar-refractivity contribution in [3.05, 3.63) is 46.8 Å². The average Bonchev–Trinajstić information content (AvgIpc) is 3.11. The first-order valence-electron chi connectivity index (χ1n) is 12.5. The van der Waals surface area contributed by atoms with Crippen LogP contribution in [-0.2, 0) is 27.9 Å². The molecule has 0 bridgehead atoms. The summed E-state index contributed by atoms with van der Waals surface area (Å²) in [7, 11) is 1.87. The summed E-state index contributed by atoms with van der Waals surface area (Å²) in [6.07, 6.45) is 1.12. The molecular formula is C26H36N6O5. The molecule has 37 heavy (non-hydrogen) atoms. The largest absolute Gasteiger partial charge is 0.493 e. The zero-order valence-corrected chi connectivity index (χ0v) is 21.8. The zero-order chi connectivity index (χ0) is 26.9. The third-order valence-electron chi connectivity index (χ3n) is 6.40. The van der Waals surface area contributed by atoms with E-state index in [-0.39, 0.29) is 36.8 Å². The highest BCUT2D eigenvalue weighted by Crippen LogP contribution is 2.19. The molecule has 4 amide bonds. The molecule has 2 atom stereocenters. The van der Waals surface area contributed by atoms with Crippen molar-refractivity contribution in [1.29, 1.82) is 0 Å². The fourth-order valence-electron chi connectivity index (χ4n) is 4.17. The fourth-order valence-corrected chi connectivity index (χ4v) is 4.17. The Morgan fingerprint density at radius 2 is 1.95 bits per heavy atom. The van der Waals surface area contributed by atoms with Crippen LogP contribution in [0.1, 0.15) is 53.5 Å². The van der Waals surface area contributed by atoms with E-state index in [0.717, 1.165) is 17.0 Å². The van der Waals surface area contributed by atoms with Crippen molar-refractivity contribution < 1.29 is 23.9 Å². The molecule has 2 aromatic rings. The topological polar surface area (TPSA) is 143 Å². The molecule has 0 radical (unpaired) electrons. The second kappa shape index (κ2) is 12.9. The highest BCUT2D eigenvalue weighted by Gasteiger charge is 2.25. The van der Waals surface area contributed by atoms with Gasteiger partial charge in [-0.3, -0.25) is 23.9 Å². The minimum absolute atomic E-state index is 0.0467. The van der Waals surface area contributed by atoms with Gasteiger partial charge in [-0.15, -0.1) is 0 Å². The molecule has 1 aliphatic rings. The summed E-state index contributed by atoms with van der Waals surface area (Å²) in [5.74, 6) is -1.17. The number of aryl methyl sites for hydroxylation is 2. The molecule has 0 saturated heterocycles. The van der Waals surface area contributed by atoms with Crippen molar-refractivity contribution in [2.75, 3.05) is 19.7 Å². The van der Waals surface area contributed by atoms with Crippen LogP contribution in [0.5, 0.6) is 5.75 Å². The van der Waals surface area contributed by atoms with Crippen LogP contribution in [0.15, 0.2) is 24.3 Å². The summed E-state index contributed by atoms with van der Waals surface area (Å²) in [5.41, 5.74) is 3.27. The predicted octanol–water partition coefficient (Wildman–Crippen LogP) is 0.678. The van der Waals surface area contributed by atoms with Crippen LogP contribution >= 0.6 is 0 Å². The smallest absolute Gasteiger partial charge is 0.255 e. The summed E-state index contributed by atoms with van der Waals surface area (Å²) in [6.45, 7) is 6.49. The molecule has 1 aromatic carbocycles. The summed E-state index contributed by atoms with van der Waals surface area (Å²) in [4.78, 5) is 51.0. The van der Waals surface area contributed by atoms with Crippen LogP contribution in [0, 0.1) is 13.8 Å². The number of nitrogens with zero attached hydrogens (tertiary/aromatic N) is 2. The van der Waals surface area contributed by atoms with E-state index in [2.05, 4.69) is 26.4 Å². The van der Waals surface area contributed by atoms with Gasteiger partial charge in [0.15, 0.2) is 0 Å². The van der Waals surface area contributed by atoms with Gasteiger partial charge < -0.3 is 26.0 Å². The lowest BCUT2D eigenvalue weighted by atomic mass is 10.1. The Morgan fingerprint density at radius 3 is 2.68 bits per heavy atom. The second-order valence-corrected chi connectivity index (χ2v) is 9.16. The number of para-hydroxylation sites is 1. The molecule has 1 aromatic heterocycles. The Balaban J connectivity index is 1.74. The maximum Gasteiger partial charge on any atom is 0.255 e. The number of rotatable bonds is 4. The van der Waals surface area contributed by atoms with Crippen molar-refractivity contribution in [1.82, 2.24) is 31.0 Å². The number of ether oxygens (including phenoxy) is 1. The van der Waals surface area contributed by atoms with E-state index in [1.807, 2.05) is 20.9 Å². The van der Waals surface area contributed by atoms with Crippen molar-refractivity contribution in [3.8, 4) is 5.75 Å². The first-order valence-corrected chi connectivity index (χ1v) is 12.5. The number of hydrogen-bond acceptors (Lipinski definition) is 6. The van der Waals surface area contributed by atoms with Gasteiger partial charge in [-0.1, -0.05) is 12.1 Å². The molecule has 11 heteroatoms. The van der Waals surface area contributed by atoms with Crippen LogP contribution in [-0.4, -0.2) is 65.2 Å². The van der Waals surface area contributed by atoms with E-state index < -0.39 is 23.9 Å². The van der Waals surface area contributed by atoms with Crippen molar-refractivity contribution in [3.63, 3.8) is 0 Å². The lowest BCUT2D eigenvalue weighted by molar-refractivity contribution is -0.129. The van der Waals surface area contributed by atoms with Gasteiger partial charge >= 0.3 is 0 Å². The highest BCUT2D eigenvalue weighted by atomic mass is 16.5. The zero-order valence-electron chi connectivity index (χ0n) is 21.8. The summed E-state index contributed by atoms with van der Waals surface area (Å²) >= 11 is 0. The van der Waals surface area contributed by atoms with Crippen molar-refractivity contribution in [2.45, 2.75) is 58.5 Å². The van der Waals surface area contributed by atoms with Crippen LogP contribution < -0.4 is 26.0 Å². The van der Waals surface area contributed by atoms with E-state index in [4.69, 9.17) is 4.74 Å². The van der Waals surface area contributed by atoms with Gasteiger partial charge in [0, 0.05) is 32.3 Å². The summed E-state index contributed by atoms with van der Waals surface area (Å²) < 4.78 is 7.58. The SMILES string of the molecule is Cc1nn(C)c(C)c1CCNC(=O)[C@@H]1CCC(=O)N[C@@H](C)C(=O)NCCCOc2ccccc2C(=O)N1. The van der Waals surface area contributed by atoms with Crippen LogP contribution in [0.25, 0.3) is 0 Å². The molecule has 11 nitrogen and oxygen atoms in total. The average molecular weight is 513 g/mol. The fraction of sp³-hybridized carbons (Fsp3) is 0.500. The van der Waals surface area contributed by atoms with E-state index in [1.54, 1.807) is 35.9 Å². The third-order valence-corrected chi connectivity index (χ3v) is 6.40. The number of amides is 4. The number of aromatic nitrogens is 2. The van der Waals surface area contributed by atoms with Gasteiger partial charge in [0.1, 0.15) is 17.8 Å². The predicted molar refractivity (Wildman–Crippen MR) is 137 cm³/mol. The van der Waals surface area contributed by atoms with Gasteiger partial charge in [0.05, 0.1) is 17.9 Å². The normalized spacial score (nSPS) is 19.6. The van der Waals surface area contributed by atoms with Crippen LogP contribution in [0.3, 0.4) is 0 Å². The first-order chi connectivity index (χ1) is 17.7. The Bertz CT molecular complexity index is 1140. The monoisotopic (exact) mass is 512 g/mol. The lowest BCUT2D eigenvalue weighted by Crippen LogP contribution is -2.49. The Kier molecular flexibility index (Phi) is 9.64. The van der Waals surface area contributed by atoms with Crippen molar-refractivity contribution in [2.24, 2.45) is 7.05 Å². The second-order valence-electron chi connectivity index (χ2n) is 9.16. The minimum Gasteiger partial charge on any atom is -0.493 e. The van der Waals surface area contributed by atoms with Gasteiger partial charge in [0.25, 0.3) is 5.91 Å². The highest BCUT2D eigenvalue weighted by molar-refractivity contribution is 5.99. The lowest BCUT2D eigenvalue weighted by Gasteiger charge is -2.21. The van der Waals surface area contributed by atoms with E-state index in [9.17, 15) is 19.2 Å². The molecule has 200 valence electrons. The maximum atomic E-state index is 13.1. The van der Waals surface area contributed by atoms with Crippen LogP contribution in [0.2, 0.25) is 0 Å². The maximum absolute atomic E-state index is 13.1.